The molecule has 0 aliphatic rings. The van der Waals surface area contributed by atoms with Gasteiger partial charge in [-0.15, -0.1) is 24.0 Å². The van der Waals surface area contributed by atoms with Gasteiger partial charge in [0, 0.05) is 12.4 Å². The van der Waals surface area contributed by atoms with E-state index in [9.17, 15) is 0 Å². The highest BCUT2D eigenvalue weighted by atomic mass is 35.5. The van der Waals surface area contributed by atoms with Gasteiger partial charge in [-0.3, -0.25) is 0 Å². The second kappa shape index (κ2) is 3.99. The molecule has 0 atom stereocenters. The Bertz CT molecular complexity index is 409. The van der Waals surface area contributed by atoms with Crippen LogP contribution in [-0.4, -0.2) is 9.38 Å². The Morgan fingerprint density at radius 3 is 2.92 bits per heavy atom. The second-order valence-electron chi connectivity index (χ2n) is 2.79. The number of rotatable bonds is 1. The molecule has 0 N–H and O–H groups in total. The van der Waals surface area contributed by atoms with Gasteiger partial charge in [-0.1, -0.05) is 6.07 Å². The van der Waals surface area contributed by atoms with Crippen LogP contribution in [0.15, 0.2) is 24.5 Å². The van der Waals surface area contributed by atoms with Crippen LogP contribution < -0.4 is 0 Å². The van der Waals surface area contributed by atoms with Gasteiger partial charge >= 0.3 is 0 Å². The lowest BCUT2D eigenvalue weighted by Crippen LogP contribution is -1.83. The molecule has 2 nitrogen and oxygen atoms in total. The van der Waals surface area contributed by atoms with E-state index in [1.54, 1.807) is 0 Å². The third-order valence-corrected chi connectivity index (χ3v) is 2.14. The minimum atomic E-state index is 0. The molecule has 0 amide bonds. The zero-order valence-corrected chi connectivity index (χ0v) is 8.77. The molecule has 70 valence electrons. The molecule has 13 heavy (non-hydrogen) atoms. The quantitative estimate of drug-likeness (QED) is 0.671. The maximum Gasteiger partial charge on any atom is 0.139 e. The summed E-state index contributed by atoms with van der Waals surface area (Å²) < 4.78 is 1.99. The molecule has 0 unspecified atom stereocenters. The van der Waals surface area contributed by atoms with Crippen molar-refractivity contribution in [2.75, 3.05) is 0 Å². The third kappa shape index (κ3) is 1.79. The largest absolute Gasteiger partial charge is 0.307 e. The monoisotopic (exact) mass is 216 g/mol. The number of imidazole rings is 1. The number of alkyl halides is 1. The van der Waals surface area contributed by atoms with Gasteiger partial charge in [-0.25, -0.2) is 4.98 Å². The van der Waals surface area contributed by atoms with Crippen LogP contribution in [0.25, 0.3) is 5.65 Å². The predicted molar refractivity (Wildman–Crippen MR) is 56.7 cm³/mol. The lowest BCUT2D eigenvalue weighted by Gasteiger charge is -1.93. The summed E-state index contributed by atoms with van der Waals surface area (Å²) in [6.07, 6.45) is 3.93. The van der Waals surface area contributed by atoms with E-state index < -0.39 is 0 Å². The normalized spacial score (nSPS) is 10.0. The molecular formula is C9H10Cl2N2. The number of aromatic nitrogens is 2. The maximum atomic E-state index is 5.67. The first kappa shape index (κ1) is 10.4. The minimum Gasteiger partial charge on any atom is -0.307 e. The summed E-state index contributed by atoms with van der Waals surface area (Å²) in [5, 5.41) is 0. The molecule has 2 heterocycles. The summed E-state index contributed by atoms with van der Waals surface area (Å²) in [4.78, 5) is 4.36. The third-order valence-electron chi connectivity index (χ3n) is 1.86. The van der Waals surface area contributed by atoms with Crippen molar-refractivity contribution in [2.24, 2.45) is 0 Å². The summed E-state index contributed by atoms with van der Waals surface area (Å²) >= 11 is 5.67. The molecule has 0 saturated heterocycles. The summed E-state index contributed by atoms with van der Waals surface area (Å²) in [5.41, 5.74) is 3.09. The van der Waals surface area contributed by atoms with Crippen molar-refractivity contribution in [3.63, 3.8) is 0 Å². The van der Waals surface area contributed by atoms with Crippen LogP contribution in [0.5, 0.6) is 0 Å². The molecular weight excluding hydrogens is 207 g/mol. The molecule has 0 aromatic carbocycles. The minimum absolute atomic E-state index is 0. The summed E-state index contributed by atoms with van der Waals surface area (Å²) in [7, 11) is 0. The Morgan fingerprint density at radius 2 is 2.31 bits per heavy atom. The number of fused-ring (bicyclic) bond motifs is 1. The lowest BCUT2D eigenvalue weighted by molar-refractivity contribution is 1.16. The Kier molecular flexibility index (Phi) is 3.17. The number of nitrogens with zero attached hydrogens (tertiary/aromatic N) is 2. The van der Waals surface area contributed by atoms with E-state index in [-0.39, 0.29) is 12.4 Å². The van der Waals surface area contributed by atoms with Gasteiger partial charge in [0.05, 0.1) is 11.6 Å². The molecule has 4 heteroatoms. The fraction of sp³-hybridized carbons (Fsp3) is 0.222. The zero-order chi connectivity index (χ0) is 8.55. The van der Waals surface area contributed by atoms with Crippen LogP contribution in [0, 0.1) is 6.92 Å². The van der Waals surface area contributed by atoms with E-state index >= 15 is 0 Å². The van der Waals surface area contributed by atoms with Crippen LogP contribution in [0.2, 0.25) is 0 Å². The predicted octanol–water partition coefficient (Wildman–Crippen LogP) is 2.80. The first-order valence-corrected chi connectivity index (χ1v) is 4.34. The molecule has 0 aliphatic carbocycles. The van der Waals surface area contributed by atoms with Gasteiger partial charge in [0.25, 0.3) is 0 Å². The number of hydrogen-bond donors (Lipinski definition) is 0. The van der Waals surface area contributed by atoms with Gasteiger partial charge in [-0.05, 0) is 18.6 Å². The average molecular weight is 217 g/mol. The molecule has 2 rings (SSSR count). The van der Waals surface area contributed by atoms with Crippen molar-refractivity contribution in [3.05, 3.63) is 35.8 Å². The van der Waals surface area contributed by atoms with Crippen LogP contribution in [-0.2, 0) is 5.88 Å². The van der Waals surface area contributed by atoms with Gasteiger partial charge in [-0.2, -0.15) is 0 Å². The zero-order valence-electron chi connectivity index (χ0n) is 7.20. The first-order chi connectivity index (χ1) is 5.81. The Morgan fingerprint density at radius 1 is 1.54 bits per heavy atom. The standard InChI is InChI=1S/C9H9ClN2.ClH/c1-7-3-2-4-12-6-8(5-10)11-9(7)12;/h2-4,6H,5H2,1H3;1H. The number of pyridine rings is 1. The van der Waals surface area contributed by atoms with Crippen LogP contribution >= 0.6 is 24.0 Å². The van der Waals surface area contributed by atoms with E-state index in [1.807, 2.05) is 35.9 Å². The second-order valence-corrected chi connectivity index (χ2v) is 3.06. The van der Waals surface area contributed by atoms with E-state index in [2.05, 4.69) is 4.98 Å². The van der Waals surface area contributed by atoms with E-state index in [1.165, 1.54) is 5.56 Å². The van der Waals surface area contributed by atoms with Crippen LogP contribution in [0.4, 0.5) is 0 Å². The van der Waals surface area contributed by atoms with Crippen LogP contribution in [0.1, 0.15) is 11.3 Å². The molecule has 0 radical (unpaired) electrons. The fourth-order valence-electron chi connectivity index (χ4n) is 1.27. The molecule has 0 fully saturated rings. The SMILES string of the molecule is Cc1cccn2cc(CCl)nc12.Cl. The van der Waals surface area contributed by atoms with Crippen molar-refractivity contribution < 1.29 is 0 Å². The van der Waals surface area contributed by atoms with Crippen LogP contribution in [0.3, 0.4) is 0 Å². The van der Waals surface area contributed by atoms with Gasteiger partial charge in [0.1, 0.15) is 5.65 Å². The summed E-state index contributed by atoms with van der Waals surface area (Å²) in [6, 6.07) is 4.04. The number of halogens is 2. The molecule has 2 aromatic heterocycles. The Labute approximate surface area is 88.0 Å². The summed E-state index contributed by atoms with van der Waals surface area (Å²) in [5.74, 6) is 0.473. The van der Waals surface area contributed by atoms with E-state index in [4.69, 9.17) is 11.6 Å². The van der Waals surface area contributed by atoms with Crippen molar-refractivity contribution >= 4 is 29.7 Å². The maximum absolute atomic E-state index is 5.67. The fourth-order valence-corrected chi connectivity index (χ4v) is 1.40. The molecule has 2 aromatic rings. The van der Waals surface area contributed by atoms with Crippen molar-refractivity contribution in [2.45, 2.75) is 12.8 Å². The van der Waals surface area contributed by atoms with Crippen molar-refractivity contribution in [1.82, 2.24) is 9.38 Å². The van der Waals surface area contributed by atoms with Gasteiger partial charge in [0.15, 0.2) is 0 Å². The van der Waals surface area contributed by atoms with Gasteiger partial charge in [0.2, 0.25) is 0 Å². The smallest absolute Gasteiger partial charge is 0.139 e. The van der Waals surface area contributed by atoms with Gasteiger partial charge < -0.3 is 4.40 Å². The lowest BCUT2D eigenvalue weighted by atomic mass is 10.3. The van der Waals surface area contributed by atoms with E-state index in [0.29, 0.717) is 5.88 Å². The summed E-state index contributed by atoms with van der Waals surface area (Å²) in [6.45, 7) is 2.04. The first-order valence-electron chi connectivity index (χ1n) is 3.80. The highest BCUT2D eigenvalue weighted by Crippen LogP contribution is 2.10. The molecule has 0 aliphatic heterocycles. The van der Waals surface area contributed by atoms with Crippen molar-refractivity contribution in [1.29, 1.82) is 0 Å². The Hall–Kier alpha value is -0.730. The average Bonchev–Trinajstić information content (AvgIpc) is 2.49. The molecule has 0 spiro atoms. The van der Waals surface area contributed by atoms with Crippen molar-refractivity contribution in [3.8, 4) is 0 Å². The number of hydrogen-bond acceptors (Lipinski definition) is 1. The highest BCUT2D eigenvalue weighted by Gasteiger charge is 2.00. The number of aryl methyl sites for hydroxylation is 1. The van der Waals surface area contributed by atoms with E-state index in [0.717, 1.165) is 11.3 Å². The topological polar surface area (TPSA) is 17.3 Å². The highest BCUT2D eigenvalue weighted by molar-refractivity contribution is 6.16. The molecule has 0 bridgehead atoms. The Balaban J connectivity index is 0.000000845. The molecule has 0 saturated carbocycles.